The molecule has 0 unspecified atom stereocenters. The van der Waals surface area contributed by atoms with Gasteiger partial charge in [0.05, 0.1) is 15.0 Å². The molecular formula is C25H21Cl2N3O2S. The Labute approximate surface area is 206 Å². The molecule has 0 aliphatic carbocycles. The van der Waals surface area contributed by atoms with Crippen LogP contribution in [0.15, 0.2) is 75.0 Å². The highest BCUT2D eigenvalue weighted by molar-refractivity contribution is 8.18. The van der Waals surface area contributed by atoms with Crippen molar-refractivity contribution in [3.05, 3.63) is 86.9 Å². The molecule has 5 rings (SSSR count). The third kappa shape index (κ3) is 5.20. The molecule has 1 aromatic heterocycles. The predicted molar refractivity (Wildman–Crippen MR) is 135 cm³/mol. The van der Waals surface area contributed by atoms with Crippen LogP contribution in [0.5, 0.6) is 0 Å². The van der Waals surface area contributed by atoms with Crippen molar-refractivity contribution in [2.45, 2.75) is 6.54 Å². The lowest BCUT2D eigenvalue weighted by atomic mass is 10.2. The number of furan rings is 1. The molecule has 0 saturated carbocycles. The Morgan fingerprint density at radius 3 is 2.52 bits per heavy atom. The average Bonchev–Trinajstić information content (AvgIpc) is 3.44. The lowest BCUT2D eigenvalue weighted by molar-refractivity contribution is -0.113. The lowest BCUT2D eigenvalue weighted by Crippen LogP contribution is -2.47. The molecule has 0 spiro atoms. The summed E-state index contributed by atoms with van der Waals surface area (Å²) in [6.45, 7) is 4.51. The van der Waals surface area contributed by atoms with Gasteiger partial charge in [-0.25, -0.2) is 0 Å². The van der Waals surface area contributed by atoms with Gasteiger partial charge in [-0.3, -0.25) is 9.69 Å². The summed E-state index contributed by atoms with van der Waals surface area (Å²) in [5, 5.41) is 1.73. The fraction of sp³-hybridized carbons (Fsp3) is 0.200. The molecule has 2 aromatic carbocycles. The Morgan fingerprint density at radius 1 is 0.970 bits per heavy atom. The molecule has 8 heteroatoms. The maximum Gasteiger partial charge on any atom is 0.286 e. The molecular weight excluding hydrogens is 477 g/mol. The SMILES string of the molecule is O=C1N=C(N2CCN(Cc3ccccc3)CC2)S/C1=C/c1ccc(-c2ccc(Cl)c(Cl)c2)o1. The number of rotatable bonds is 4. The number of halogens is 2. The van der Waals surface area contributed by atoms with Crippen LogP contribution in [-0.4, -0.2) is 47.1 Å². The minimum atomic E-state index is -0.228. The fourth-order valence-corrected chi connectivity index (χ4v) is 5.08. The summed E-state index contributed by atoms with van der Waals surface area (Å²) >= 11 is 13.5. The zero-order valence-corrected chi connectivity index (χ0v) is 20.0. The molecule has 1 saturated heterocycles. The van der Waals surface area contributed by atoms with Crippen molar-refractivity contribution in [1.29, 1.82) is 0 Å². The molecule has 3 aromatic rings. The van der Waals surface area contributed by atoms with Gasteiger partial charge in [0, 0.05) is 44.4 Å². The Hall–Kier alpha value is -2.51. The normalized spacial score (nSPS) is 18.2. The van der Waals surface area contributed by atoms with E-state index in [0.717, 1.165) is 43.5 Å². The van der Waals surface area contributed by atoms with Crippen LogP contribution in [0.4, 0.5) is 0 Å². The number of thioether (sulfide) groups is 1. The first-order valence-electron chi connectivity index (χ1n) is 10.6. The molecule has 0 atom stereocenters. The van der Waals surface area contributed by atoms with Crippen molar-refractivity contribution < 1.29 is 9.21 Å². The van der Waals surface area contributed by atoms with Crippen LogP contribution in [0, 0.1) is 0 Å². The summed E-state index contributed by atoms with van der Waals surface area (Å²) in [6.07, 6.45) is 1.75. The predicted octanol–water partition coefficient (Wildman–Crippen LogP) is 6.04. The molecule has 2 aliphatic rings. The van der Waals surface area contributed by atoms with Crippen molar-refractivity contribution >= 4 is 52.1 Å². The molecule has 1 amide bonds. The van der Waals surface area contributed by atoms with E-state index in [4.69, 9.17) is 27.6 Å². The van der Waals surface area contributed by atoms with Gasteiger partial charge in [0.25, 0.3) is 5.91 Å². The highest BCUT2D eigenvalue weighted by Crippen LogP contribution is 2.33. The monoisotopic (exact) mass is 497 g/mol. The standard InChI is InChI=1S/C25H21Cl2N3O2S/c26-20-8-6-18(14-21(20)27)22-9-7-19(32-22)15-23-24(31)28-25(33-23)30-12-10-29(11-13-30)16-17-4-2-1-3-5-17/h1-9,14-15H,10-13,16H2/b23-15+. The van der Waals surface area contributed by atoms with Crippen molar-refractivity contribution in [2.75, 3.05) is 26.2 Å². The van der Waals surface area contributed by atoms with Gasteiger partial charge in [-0.15, -0.1) is 0 Å². The number of hydrogen-bond donors (Lipinski definition) is 0. The van der Waals surface area contributed by atoms with Gasteiger partial charge in [0.1, 0.15) is 11.5 Å². The first-order chi connectivity index (χ1) is 16.0. The minimum absolute atomic E-state index is 0.228. The first kappa shape index (κ1) is 22.3. The van der Waals surface area contributed by atoms with Gasteiger partial charge in [0.15, 0.2) is 5.17 Å². The Bertz CT molecular complexity index is 1230. The lowest BCUT2D eigenvalue weighted by Gasteiger charge is -2.35. The maximum atomic E-state index is 12.5. The highest BCUT2D eigenvalue weighted by atomic mass is 35.5. The third-order valence-electron chi connectivity index (χ3n) is 5.61. The van der Waals surface area contributed by atoms with Gasteiger partial charge in [0.2, 0.25) is 0 Å². The van der Waals surface area contributed by atoms with Crippen LogP contribution < -0.4 is 0 Å². The van der Waals surface area contributed by atoms with E-state index < -0.39 is 0 Å². The number of benzene rings is 2. The summed E-state index contributed by atoms with van der Waals surface area (Å²) in [5.41, 5.74) is 2.14. The highest BCUT2D eigenvalue weighted by Gasteiger charge is 2.28. The van der Waals surface area contributed by atoms with Crippen molar-refractivity contribution in [3.63, 3.8) is 0 Å². The van der Waals surface area contributed by atoms with E-state index >= 15 is 0 Å². The summed E-state index contributed by atoms with van der Waals surface area (Å²) in [7, 11) is 0. The van der Waals surface area contributed by atoms with Gasteiger partial charge in [-0.2, -0.15) is 4.99 Å². The Balaban J connectivity index is 1.20. The summed E-state index contributed by atoms with van der Waals surface area (Å²) in [4.78, 5) is 22.0. The number of carbonyl (C=O) groups excluding carboxylic acids is 1. The van der Waals surface area contributed by atoms with Gasteiger partial charge in [-0.05, 0) is 47.7 Å². The topological polar surface area (TPSA) is 49.1 Å². The Morgan fingerprint density at radius 2 is 1.76 bits per heavy atom. The minimum Gasteiger partial charge on any atom is -0.457 e. The zero-order valence-electron chi connectivity index (χ0n) is 17.7. The molecule has 1 fully saturated rings. The van der Waals surface area contributed by atoms with Crippen molar-refractivity contribution in [2.24, 2.45) is 4.99 Å². The van der Waals surface area contributed by atoms with E-state index in [0.29, 0.717) is 26.5 Å². The Kier molecular flexibility index (Phi) is 6.60. The quantitative estimate of drug-likeness (QED) is 0.411. The van der Waals surface area contributed by atoms with Crippen LogP contribution in [-0.2, 0) is 11.3 Å². The van der Waals surface area contributed by atoms with Crippen LogP contribution in [0.25, 0.3) is 17.4 Å². The number of piperazine rings is 1. The van der Waals surface area contributed by atoms with Crippen LogP contribution in [0.3, 0.4) is 0 Å². The second-order valence-electron chi connectivity index (χ2n) is 7.89. The van der Waals surface area contributed by atoms with Crippen LogP contribution in [0.2, 0.25) is 10.0 Å². The molecule has 2 aliphatic heterocycles. The smallest absolute Gasteiger partial charge is 0.286 e. The van der Waals surface area contributed by atoms with E-state index in [9.17, 15) is 4.79 Å². The van der Waals surface area contributed by atoms with E-state index in [1.54, 1.807) is 18.2 Å². The van der Waals surface area contributed by atoms with E-state index in [1.807, 2.05) is 24.3 Å². The average molecular weight is 498 g/mol. The van der Waals surface area contributed by atoms with Gasteiger partial charge < -0.3 is 9.32 Å². The number of amides is 1. The molecule has 0 N–H and O–H groups in total. The number of carbonyl (C=O) groups is 1. The number of nitrogens with zero attached hydrogens (tertiary/aromatic N) is 3. The van der Waals surface area contributed by atoms with E-state index in [-0.39, 0.29) is 5.91 Å². The molecule has 5 nitrogen and oxygen atoms in total. The third-order valence-corrected chi connectivity index (χ3v) is 7.39. The van der Waals surface area contributed by atoms with Gasteiger partial charge >= 0.3 is 0 Å². The number of amidine groups is 1. The van der Waals surface area contributed by atoms with Crippen molar-refractivity contribution in [3.8, 4) is 11.3 Å². The zero-order chi connectivity index (χ0) is 22.8. The van der Waals surface area contributed by atoms with Crippen molar-refractivity contribution in [1.82, 2.24) is 9.80 Å². The van der Waals surface area contributed by atoms with Crippen LogP contribution in [0.1, 0.15) is 11.3 Å². The summed E-state index contributed by atoms with van der Waals surface area (Å²) in [5.74, 6) is 1.02. The number of aliphatic imine (C=N–C) groups is 1. The molecule has 0 bridgehead atoms. The van der Waals surface area contributed by atoms with E-state index in [1.165, 1.54) is 17.3 Å². The number of hydrogen-bond acceptors (Lipinski definition) is 5. The fourth-order valence-electron chi connectivity index (χ4n) is 3.84. The molecule has 33 heavy (non-hydrogen) atoms. The largest absolute Gasteiger partial charge is 0.457 e. The second-order valence-corrected chi connectivity index (χ2v) is 9.71. The van der Waals surface area contributed by atoms with E-state index in [2.05, 4.69) is 39.1 Å². The second kappa shape index (κ2) is 9.77. The first-order valence-corrected chi connectivity index (χ1v) is 12.2. The molecule has 0 radical (unpaired) electrons. The summed E-state index contributed by atoms with van der Waals surface area (Å²) < 4.78 is 5.91. The summed E-state index contributed by atoms with van der Waals surface area (Å²) in [6, 6.07) is 19.5. The molecule has 3 heterocycles. The molecule has 168 valence electrons. The van der Waals surface area contributed by atoms with Gasteiger partial charge in [-0.1, -0.05) is 53.5 Å². The van der Waals surface area contributed by atoms with Crippen LogP contribution >= 0.6 is 35.0 Å². The maximum absolute atomic E-state index is 12.5.